The van der Waals surface area contributed by atoms with Crippen LogP contribution in [0.15, 0.2) is 24.3 Å². The van der Waals surface area contributed by atoms with E-state index in [1.54, 1.807) is 5.19 Å². The van der Waals surface area contributed by atoms with Crippen LogP contribution in [0, 0.1) is 5.41 Å². The third-order valence-corrected chi connectivity index (χ3v) is 6.45. The summed E-state index contributed by atoms with van der Waals surface area (Å²) in [5.41, 5.74) is 2.09. The van der Waals surface area contributed by atoms with Gasteiger partial charge in [0.05, 0.1) is 8.07 Å². The van der Waals surface area contributed by atoms with Gasteiger partial charge < -0.3 is 5.32 Å². The minimum atomic E-state index is -1.14. The molecule has 1 aliphatic carbocycles. The van der Waals surface area contributed by atoms with Gasteiger partial charge in [-0.1, -0.05) is 62.4 Å². The Balaban J connectivity index is 1.81. The van der Waals surface area contributed by atoms with Gasteiger partial charge in [-0.25, -0.2) is 0 Å². The van der Waals surface area contributed by atoms with Crippen molar-refractivity contribution in [3.05, 3.63) is 29.8 Å². The van der Waals surface area contributed by atoms with Gasteiger partial charge in [-0.15, -0.1) is 0 Å². The first-order valence-corrected chi connectivity index (χ1v) is 11.3. The maximum atomic E-state index is 3.66. The summed E-state index contributed by atoms with van der Waals surface area (Å²) in [5, 5.41) is 5.22. The zero-order valence-electron chi connectivity index (χ0n) is 13.1. The number of benzene rings is 1. The number of nitrogens with one attached hydrogen (secondary N) is 1. The molecule has 106 valence electrons. The summed E-state index contributed by atoms with van der Waals surface area (Å²) in [4.78, 5) is 0. The first kappa shape index (κ1) is 14.8. The van der Waals surface area contributed by atoms with Crippen LogP contribution >= 0.6 is 0 Å². The molecule has 0 atom stereocenters. The molecule has 1 aromatic carbocycles. The predicted molar refractivity (Wildman–Crippen MR) is 87.7 cm³/mol. The fourth-order valence-electron chi connectivity index (χ4n) is 2.82. The first-order chi connectivity index (χ1) is 8.95. The van der Waals surface area contributed by atoms with Crippen molar-refractivity contribution in [3.63, 3.8) is 0 Å². The Morgan fingerprint density at radius 1 is 1.11 bits per heavy atom. The minimum absolute atomic E-state index is 0.660. The summed E-state index contributed by atoms with van der Waals surface area (Å²) < 4.78 is 0. The second kappa shape index (κ2) is 5.80. The lowest BCUT2D eigenvalue weighted by Gasteiger charge is -2.18. The molecule has 1 saturated carbocycles. The van der Waals surface area contributed by atoms with Crippen LogP contribution in [0.25, 0.3) is 0 Å². The minimum Gasteiger partial charge on any atom is -0.312 e. The topological polar surface area (TPSA) is 12.0 Å². The Morgan fingerprint density at radius 2 is 1.74 bits per heavy atom. The summed E-state index contributed by atoms with van der Waals surface area (Å²) >= 11 is 0. The summed E-state index contributed by atoms with van der Waals surface area (Å²) in [6, 6.07) is 9.28. The molecular formula is C17H29NSi. The molecule has 0 saturated heterocycles. The molecule has 19 heavy (non-hydrogen) atoms. The van der Waals surface area contributed by atoms with Crippen molar-refractivity contribution in [3.8, 4) is 0 Å². The smallest absolute Gasteiger partial charge is 0.0775 e. The lowest BCUT2D eigenvalue weighted by molar-refractivity contribution is 0.421. The van der Waals surface area contributed by atoms with Crippen molar-refractivity contribution in [2.75, 3.05) is 6.54 Å². The molecule has 0 radical (unpaired) electrons. The van der Waals surface area contributed by atoms with Gasteiger partial charge in [-0.3, -0.25) is 0 Å². The molecule has 0 aliphatic heterocycles. The fraction of sp³-hybridized carbons (Fsp3) is 0.647. The van der Waals surface area contributed by atoms with Crippen molar-refractivity contribution in [2.45, 2.75) is 58.8 Å². The molecule has 0 heterocycles. The quantitative estimate of drug-likeness (QED) is 0.744. The van der Waals surface area contributed by atoms with E-state index >= 15 is 0 Å². The highest BCUT2D eigenvalue weighted by Crippen LogP contribution is 2.48. The Kier molecular flexibility index (Phi) is 4.52. The van der Waals surface area contributed by atoms with Gasteiger partial charge in [-0.2, -0.15) is 0 Å². The van der Waals surface area contributed by atoms with Crippen molar-refractivity contribution in [1.29, 1.82) is 0 Å². The number of hydrogen-bond acceptors (Lipinski definition) is 1. The molecule has 1 aromatic rings. The highest BCUT2D eigenvalue weighted by Gasteiger charge is 2.40. The molecule has 0 amide bonds. The van der Waals surface area contributed by atoms with Crippen LogP contribution in [0.2, 0.25) is 19.6 Å². The normalized spacial score (nSPS) is 17.5. The second-order valence-corrected chi connectivity index (χ2v) is 12.4. The zero-order valence-corrected chi connectivity index (χ0v) is 14.1. The van der Waals surface area contributed by atoms with Crippen molar-refractivity contribution >= 4 is 13.3 Å². The molecule has 0 bridgehead atoms. The van der Waals surface area contributed by atoms with Gasteiger partial charge in [0.1, 0.15) is 0 Å². The second-order valence-electron chi connectivity index (χ2n) is 7.30. The fourth-order valence-corrected chi connectivity index (χ4v) is 3.98. The van der Waals surface area contributed by atoms with Gasteiger partial charge in [0.25, 0.3) is 0 Å². The van der Waals surface area contributed by atoms with E-state index in [2.05, 4.69) is 56.1 Å². The molecule has 2 heteroatoms. The van der Waals surface area contributed by atoms with Crippen molar-refractivity contribution < 1.29 is 0 Å². The Morgan fingerprint density at radius 3 is 2.21 bits per heavy atom. The van der Waals surface area contributed by atoms with Gasteiger partial charge in [0.2, 0.25) is 0 Å². The van der Waals surface area contributed by atoms with E-state index in [4.69, 9.17) is 0 Å². The predicted octanol–water partition coefficient (Wildman–Crippen LogP) is 3.90. The van der Waals surface area contributed by atoms with Crippen molar-refractivity contribution in [1.82, 2.24) is 5.32 Å². The maximum Gasteiger partial charge on any atom is 0.0775 e. The van der Waals surface area contributed by atoms with E-state index in [9.17, 15) is 0 Å². The molecule has 1 aliphatic rings. The number of rotatable bonds is 7. The van der Waals surface area contributed by atoms with E-state index in [1.165, 1.54) is 37.8 Å². The largest absolute Gasteiger partial charge is 0.312 e. The van der Waals surface area contributed by atoms with Crippen LogP contribution in [-0.4, -0.2) is 14.6 Å². The maximum absolute atomic E-state index is 3.66. The molecule has 0 aromatic heterocycles. The van der Waals surface area contributed by atoms with Crippen LogP contribution in [0.3, 0.4) is 0 Å². The molecule has 2 rings (SSSR count). The van der Waals surface area contributed by atoms with Gasteiger partial charge in [0.15, 0.2) is 0 Å². The highest BCUT2D eigenvalue weighted by atomic mass is 28.3. The first-order valence-electron chi connectivity index (χ1n) is 7.75. The third-order valence-electron chi connectivity index (χ3n) is 4.39. The molecule has 1 nitrogen and oxygen atoms in total. The molecular weight excluding hydrogens is 246 g/mol. The monoisotopic (exact) mass is 275 g/mol. The molecule has 0 unspecified atom stereocenters. The summed E-state index contributed by atoms with van der Waals surface area (Å²) in [5.74, 6) is 0. The van der Waals surface area contributed by atoms with E-state index < -0.39 is 8.07 Å². The van der Waals surface area contributed by atoms with Crippen LogP contribution in [0.5, 0.6) is 0 Å². The highest BCUT2D eigenvalue weighted by molar-refractivity contribution is 6.88. The third kappa shape index (κ3) is 4.18. The molecule has 0 spiro atoms. The Bertz CT molecular complexity index is 398. The Hall–Kier alpha value is -0.603. The molecule has 1 fully saturated rings. The van der Waals surface area contributed by atoms with E-state index in [1.807, 2.05) is 0 Å². The van der Waals surface area contributed by atoms with E-state index in [0.717, 1.165) is 6.54 Å². The van der Waals surface area contributed by atoms with Gasteiger partial charge >= 0.3 is 0 Å². The summed E-state index contributed by atoms with van der Waals surface area (Å²) in [6.45, 7) is 11.7. The van der Waals surface area contributed by atoms with Crippen LogP contribution in [0.1, 0.15) is 38.2 Å². The van der Waals surface area contributed by atoms with Crippen LogP contribution in [-0.2, 0) is 6.54 Å². The lowest BCUT2D eigenvalue weighted by atomic mass is 10.0. The van der Waals surface area contributed by atoms with Gasteiger partial charge in [-0.05, 0) is 30.2 Å². The van der Waals surface area contributed by atoms with E-state index in [0.29, 0.717) is 5.41 Å². The molecule has 1 N–H and O–H groups in total. The van der Waals surface area contributed by atoms with E-state index in [-0.39, 0.29) is 0 Å². The zero-order chi connectivity index (χ0) is 13.9. The standard InChI is InChI=1S/C17H29NSi/c1-5-10-17(11-12-17)14-18-13-15-6-8-16(9-7-15)19(2,3)4/h6-9,18H,5,10-14H2,1-4H3. The SMILES string of the molecule is CCCC1(CNCc2ccc([Si](C)(C)C)cc2)CC1. The number of hydrogen-bond donors (Lipinski definition) is 1. The summed E-state index contributed by atoms with van der Waals surface area (Å²) in [7, 11) is -1.14. The average molecular weight is 276 g/mol. The van der Waals surface area contributed by atoms with Crippen molar-refractivity contribution in [2.24, 2.45) is 5.41 Å². The van der Waals surface area contributed by atoms with Crippen LogP contribution in [0.4, 0.5) is 0 Å². The lowest BCUT2D eigenvalue weighted by Crippen LogP contribution is -2.37. The van der Waals surface area contributed by atoms with Gasteiger partial charge in [0, 0.05) is 13.1 Å². The summed E-state index contributed by atoms with van der Waals surface area (Å²) in [6.07, 6.45) is 5.59. The van der Waals surface area contributed by atoms with Crippen LogP contribution < -0.4 is 10.5 Å². The Labute approximate surface area is 119 Å². The average Bonchev–Trinajstić information content (AvgIpc) is 3.09.